The Bertz CT molecular complexity index is 258. The summed E-state index contributed by atoms with van der Waals surface area (Å²) in [4.78, 5) is 23.0. The van der Waals surface area contributed by atoms with Gasteiger partial charge in [0.05, 0.1) is 0 Å². The minimum absolute atomic E-state index is 0.125. The summed E-state index contributed by atoms with van der Waals surface area (Å²) in [5, 5.41) is 6.02. The normalized spacial score (nSPS) is 24.4. The van der Waals surface area contributed by atoms with E-state index in [2.05, 4.69) is 10.6 Å². The van der Waals surface area contributed by atoms with E-state index >= 15 is 0 Å². The molecule has 0 aromatic carbocycles. The van der Waals surface area contributed by atoms with Crippen molar-refractivity contribution in [3.05, 3.63) is 0 Å². The molecular formula is C13H24N2O2. The number of carbonyl (C=O) groups excluding carboxylic acids is 2. The van der Waals surface area contributed by atoms with Gasteiger partial charge in [0, 0.05) is 18.4 Å². The zero-order valence-electron chi connectivity index (χ0n) is 10.9. The summed E-state index contributed by atoms with van der Waals surface area (Å²) in [5.74, 6) is 0.768. The monoisotopic (exact) mass is 240 g/mol. The zero-order valence-corrected chi connectivity index (χ0v) is 10.9. The topological polar surface area (TPSA) is 58.2 Å². The van der Waals surface area contributed by atoms with Crippen LogP contribution in [0.2, 0.25) is 0 Å². The van der Waals surface area contributed by atoms with Crippen LogP contribution in [0.15, 0.2) is 0 Å². The molecular weight excluding hydrogens is 216 g/mol. The molecule has 1 rings (SSSR count). The highest BCUT2D eigenvalue weighted by Crippen LogP contribution is 2.29. The number of ketones is 1. The fourth-order valence-corrected chi connectivity index (χ4v) is 2.38. The number of amides is 1. The van der Waals surface area contributed by atoms with Gasteiger partial charge in [-0.05, 0) is 52.6 Å². The quantitative estimate of drug-likeness (QED) is 0.684. The van der Waals surface area contributed by atoms with Gasteiger partial charge in [-0.2, -0.15) is 0 Å². The predicted molar refractivity (Wildman–Crippen MR) is 67.7 cm³/mol. The first-order valence-corrected chi connectivity index (χ1v) is 6.58. The van der Waals surface area contributed by atoms with Crippen molar-refractivity contribution in [2.45, 2.75) is 39.0 Å². The lowest BCUT2D eigenvalue weighted by atomic mass is 9.80. The van der Waals surface area contributed by atoms with Gasteiger partial charge >= 0.3 is 0 Å². The third kappa shape index (κ3) is 4.86. The molecule has 1 amide bonds. The molecule has 4 heteroatoms. The van der Waals surface area contributed by atoms with Crippen LogP contribution in [0, 0.1) is 11.8 Å². The molecule has 4 nitrogen and oxygen atoms in total. The van der Waals surface area contributed by atoms with E-state index in [1.807, 2.05) is 7.05 Å². The average molecular weight is 240 g/mol. The molecule has 0 aliphatic heterocycles. The molecule has 17 heavy (non-hydrogen) atoms. The smallest absolute Gasteiger partial charge is 0.223 e. The van der Waals surface area contributed by atoms with Crippen molar-refractivity contribution in [1.82, 2.24) is 10.6 Å². The van der Waals surface area contributed by atoms with E-state index in [0.717, 1.165) is 45.2 Å². The van der Waals surface area contributed by atoms with Crippen LogP contribution in [-0.2, 0) is 9.59 Å². The number of rotatable bonds is 6. The van der Waals surface area contributed by atoms with E-state index in [1.54, 1.807) is 6.92 Å². The highest BCUT2D eigenvalue weighted by atomic mass is 16.2. The summed E-state index contributed by atoms with van der Waals surface area (Å²) < 4.78 is 0. The number of Topliss-reactive ketones (excluding diaryl/α,β-unsaturated/α-hetero) is 1. The lowest BCUT2D eigenvalue weighted by Gasteiger charge is -2.26. The Morgan fingerprint density at radius 2 is 1.65 bits per heavy atom. The van der Waals surface area contributed by atoms with Crippen LogP contribution in [0.5, 0.6) is 0 Å². The van der Waals surface area contributed by atoms with E-state index in [1.165, 1.54) is 0 Å². The summed E-state index contributed by atoms with van der Waals surface area (Å²) in [7, 11) is 1.91. The van der Waals surface area contributed by atoms with E-state index < -0.39 is 0 Å². The maximum absolute atomic E-state index is 11.8. The lowest BCUT2D eigenvalue weighted by molar-refractivity contribution is -0.128. The molecule has 2 N–H and O–H groups in total. The summed E-state index contributed by atoms with van der Waals surface area (Å²) in [6.45, 7) is 3.33. The third-order valence-electron chi connectivity index (χ3n) is 3.58. The molecule has 0 aromatic rings. The molecule has 0 bridgehead atoms. The highest BCUT2D eigenvalue weighted by Gasteiger charge is 2.27. The second-order valence-electron chi connectivity index (χ2n) is 4.91. The molecule has 0 spiro atoms. The molecule has 1 aliphatic carbocycles. The van der Waals surface area contributed by atoms with Crippen LogP contribution >= 0.6 is 0 Å². The molecule has 1 fully saturated rings. The standard InChI is InChI=1S/C13H24N2O2/c1-10(16)11-4-6-12(7-5-11)13(17)15-9-3-8-14-2/h11-12,14H,3-9H2,1-2H3,(H,15,17). The van der Waals surface area contributed by atoms with E-state index in [9.17, 15) is 9.59 Å². The molecule has 0 heterocycles. The van der Waals surface area contributed by atoms with Crippen molar-refractivity contribution < 1.29 is 9.59 Å². The Hall–Kier alpha value is -0.900. The Morgan fingerprint density at radius 3 is 2.18 bits per heavy atom. The van der Waals surface area contributed by atoms with Crippen molar-refractivity contribution in [2.75, 3.05) is 20.1 Å². The first-order chi connectivity index (χ1) is 8.15. The summed E-state index contributed by atoms with van der Waals surface area (Å²) in [6.07, 6.45) is 4.45. The van der Waals surface area contributed by atoms with Crippen LogP contribution in [0.1, 0.15) is 39.0 Å². The number of hydrogen-bond acceptors (Lipinski definition) is 3. The van der Waals surface area contributed by atoms with Gasteiger partial charge in [0.25, 0.3) is 0 Å². The molecule has 1 aliphatic rings. The van der Waals surface area contributed by atoms with E-state index in [-0.39, 0.29) is 23.5 Å². The minimum atomic E-state index is 0.125. The lowest BCUT2D eigenvalue weighted by Crippen LogP contribution is -2.35. The Kier molecular flexibility index (Phi) is 6.19. The van der Waals surface area contributed by atoms with E-state index in [4.69, 9.17) is 0 Å². The van der Waals surface area contributed by atoms with Gasteiger partial charge in [-0.3, -0.25) is 9.59 Å². The molecule has 0 atom stereocenters. The van der Waals surface area contributed by atoms with Crippen LogP contribution in [0.4, 0.5) is 0 Å². The number of hydrogen-bond donors (Lipinski definition) is 2. The fraction of sp³-hybridized carbons (Fsp3) is 0.846. The largest absolute Gasteiger partial charge is 0.356 e. The highest BCUT2D eigenvalue weighted by molar-refractivity contribution is 5.80. The molecule has 0 saturated heterocycles. The second-order valence-corrected chi connectivity index (χ2v) is 4.91. The Balaban J connectivity index is 2.19. The van der Waals surface area contributed by atoms with Gasteiger partial charge in [-0.15, -0.1) is 0 Å². The van der Waals surface area contributed by atoms with Crippen molar-refractivity contribution in [3.8, 4) is 0 Å². The maximum atomic E-state index is 11.8. The van der Waals surface area contributed by atoms with Crippen LogP contribution in [0.3, 0.4) is 0 Å². The van der Waals surface area contributed by atoms with Crippen molar-refractivity contribution in [2.24, 2.45) is 11.8 Å². The maximum Gasteiger partial charge on any atom is 0.223 e. The van der Waals surface area contributed by atoms with Gasteiger partial charge in [0.1, 0.15) is 5.78 Å². The number of nitrogens with one attached hydrogen (secondary N) is 2. The van der Waals surface area contributed by atoms with Gasteiger partial charge in [0.15, 0.2) is 0 Å². The first-order valence-electron chi connectivity index (χ1n) is 6.58. The Morgan fingerprint density at radius 1 is 1.06 bits per heavy atom. The van der Waals surface area contributed by atoms with Gasteiger partial charge in [-0.25, -0.2) is 0 Å². The van der Waals surface area contributed by atoms with Crippen molar-refractivity contribution >= 4 is 11.7 Å². The van der Waals surface area contributed by atoms with Crippen molar-refractivity contribution in [1.29, 1.82) is 0 Å². The third-order valence-corrected chi connectivity index (χ3v) is 3.58. The van der Waals surface area contributed by atoms with Gasteiger partial charge in [0.2, 0.25) is 5.91 Å². The SMILES string of the molecule is CNCCCNC(=O)C1CCC(C(C)=O)CC1. The summed E-state index contributed by atoms with van der Waals surface area (Å²) >= 11 is 0. The van der Waals surface area contributed by atoms with Crippen LogP contribution in [-0.4, -0.2) is 31.8 Å². The van der Waals surface area contributed by atoms with Crippen LogP contribution in [0.25, 0.3) is 0 Å². The molecule has 0 aromatic heterocycles. The van der Waals surface area contributed by atoms with Gasteiger partial charge < -0.3 is 10.6 Å². The van der Waals surface area contributed by atoms with Gasteiger partial charge in [-0.1, -0.05) is 0 Å². The predicted octanol–water partition coefficient (Wildman–Crippen LogP) is 1.11. The minimum Gasteiger partial charge on any atom is -0.356 e. The molecule has 98 valence electrons. The second kappa shape index (κ2) is 7.43. The average Bonchev–Trinajstić information content (AvgIpc) is 2.34. The molecule has 0 unspecified atom stereocenters. The summed E-state index contributed by atoms with van der Waals surface area (Å²) in [6, 6.07) is 0. The summed E-state index contributed by atoms with van der Waals surface area (Å²) in [5.41, 5.74) is 0. The zero-order chi connectivity index (χ0) is 12.7. The first kappa shape index (κ1) is 14.2. The molecule has 1 saturated carbocycles. The van der Waals surface area contributed by atoms with E-state index in [0.29, 0.717) is 0 Å². The van der Waals surface area contributed by atoms with Crippen LogP contribution < -0.4 is 10.6 Å². The fourth-order valence-electron chi connectivity index (χ4n) is 2.38. The van der Waals surface area contributed by atoms with Crippen molar-refractivity contribution in [3.63, 3.8) is 0 Å². The number of carbonyl (C=O) groups is 2. The molecule has 0 radical (unpaired) electrons. The Labute approximate surface area is 104 Å².